The predicted octanol–water partition coefficient (Wildman–Crippen LogP) is 3.34. The van der Waals surface area contributed by atoms with Crippen LogP contribution in [0.25, 0.3) is 0 Å². The molecule has 0 aliphatic heterocycles. The number of hydrogen-bond donors (Lipinski definition) is 2. The number of carbonyl (C=O) groups excluding carboxylic acids is 1. The van der Waals surface area contributed by atoms with Crippen LogP contribution < -0.4 is 10.0 Å². The van der Waals surface area contributed by atoms with Crippen LogP contribution >= 0.6 is 0 Å². The van der Waals surface area contributed by atoms with Crippen LogP contribution in [0.2, 0.25) is 0 Å². The summed E-state index contributed by atoms with van der Waals surface area (Å²) in [6, 6.07) is 5.93. The minimum Gasteiger partial charge on any atom is -0.343 e. The third kappa shape index (κ3) is 5.18. The zero-order chi connectivity index (χ0) is 22.9. The SMILES string of the molecule is CC(=CC(F)(F)F)NS(=O)(=O)c1cc(C(=O)Nc2ccc(F)c(C#N)c2)n(C)c1C. The highest BCUT2D eigenvalue weighted by molar-refractivity contribution is 7.89. The monoisotopic (exact) mass is 444 g/mol. The van der Waals surface area contributed by atoms with Crippen molar-refractivity contribution in [1.29, 1.82) is 5.26 Å². The van der Waals surface area contributed by atoms with Crippen molar-refractivity contribution < 1.29 is 30.8 Å². The maximum atomic E-state index is 13.4. The summed E-state index contributed by atoms with van der Waals surface area (Å²) in [6.07, 6.45) is -4.90. The summed E-state index contributed by atoms with van der Waals surface area (Å²) in [5, 5.41) is 11.3. The molecule has 0 saturated heterocycles. The third-order valence-electron chi connectivity index (χ3n) is 4.03. The van der Waals surface area contributed by atoms with Crippen molar-refractivity contribution >= 4 is 21.6 Å². The summed E-state index contributed by atoms with van der Waals surface area (Å²) in [7, 11) is -3.00. The normalized spacial score (nSPS) is 12.4. The fourth-order valence-corrected chi connectivity index (χ4v) is 3.97. The summed E-state index contributed by atoms with van der Waals surface area (Å²) in [6.45, 7) is 2.32. The quantitative estimate of drug-likeness (QED) is 0.691. The van der Waals surface area contributed by atoms with E-state index < -0.39 is 33.6 Å². The number of amides is 1. The van der Waals surface area contributed by atoms with Crippen molar-refractivity contribution in [3.63, 3.8) is 0 Å². The maximum absolute atomic E-state index is 13.4. The third-order valence-corrected chi connectivity index (χ3v) is 5.61. The van der Waals surface area contributed by atoms with Crippen LogP contribution in [0, 0.1) is 24.1 Å². The standard InChI is InChI=1S/C18H16F4N4O3S/c1-10(8-18(20,21)22)25-30(28,29)16-7-15(26(3)11(16)2)17(27)24-13-4-5-14(19)12(6-13)9-23/h4-8,25H,1-3H3,(H,24,27). The van der Waals surface area contributed by atoms with E-state index in [1.807, 2.05) is 4.72 Å². The molecule has 160 valence electrons. The van der Waals surface area contributed by atoms with Crippen LogP contribution in [0.1, 0.15) is 28.7 Å². The maximum Gasteiger partial charge on any atom is 0.411 e. The number of carbonyl (C=O) groups is 1. The molecule has 0 radical (unpaired) electrons. The molecule has 0 aliphatic rings. The van der Waals surface area contributed by atoms with Gasteiger partial charge in [-0.1, -0.05) is 0 Å². The van der Waals surface area contributed by atoms with Gasteiger partial charge in [0, 0.05) is 30.2 Å². The molecule has 0 bridgehead atoms. The van der Waals surface area contributed by atoms with Crippen molar-refractivity contribution in [1.82, 2.24) is 9.29 Å². The highest BCUT2D eigenvalue weighted by Crippen LogP contribution is 2.23. The van der Waals surface area contributed by atoms with E-state index in [9.17, 15) is 30.8 Å². The van der Waals surface area contributed by atoms with Crippen molar-refractivity contribution in [2.75, 3.05) is 5.32 Å². The van der Waals surface area contributed by atoms with Crippen molar-refractivity contribution in [2.45, 2.75) is 24.9 Å². The number of aromatic nitrogens is 1. The Morgan fingerprint density at radius 3 is 2.47 bits per heavy atom. The van der Waals surface area contributed by atoms with E-state index in [0.717, 1.165) is 25.1 Å². The Labute approximate surface area is 169 Å². The minimum atomic E-state index is -4.71. The zero-order valence-electron chi connectivity index (χ0n) is 15.9. The smallest absolute Gasteiger partial charge is 0.343 e. The highest BCUT2D eigenvalue weighted by atomic mass is 32.2. The van der Waals surface area contributed by atoms with Gasteiger partial charge in [0.05, 0.1) is 5.56 Å². The first-order valence-corrected chi connectivity index (χ1v) is 9.70. The van der Waals surface area contributed by atoms with Gasteiger partial charge in [0.25, 0.3) is 15.9 Å². The largest absolute Gasteiger partial charge is 0.411 e. The molecule has 12 heteroatoms. The second kappa shape index (κ2) is 8.19. The number of hydrogen-bond acceptors (Lipinski definition) is 4. The molecule has 0 atom stereocenters. The predicted molar refractivity (Wildman–Crippen MR) is 99.4 cm³/mol. The molecule has 1 aromatic heterocycles. The summed E-state index contributed by atoms with van der Waals surface area (Å²) < 4.78 is 78.6. The summed E-state index contributed by atoms with van der Waals surface area (Å²) >= 11 is 0. The first-order chi connectivity index (χ1) is 13.7. The molecule has 1 aromatic carbocycles. The Bertz CT molecular complexity index is 1180. The zero-order valence-corrected chi connectivity index (χ0v) is 16.7. The van der Waals surface area contributed by atoms with Gasteiger partial charge in [0.1, 0.15) is 22.5 Å². The Morgan fingerprint density at radius 1 is 1.27 bits per heavy atom. The number of sulfonamides is 1. The van der Waals surface area contributed by atoms with Crippen LogP contribution in [0.15, 0.2) is 40.9 Å². The van der Waals surface area contributed by atoms with Crippen LogP contribution in [-0.2, 0) is 17.1 Å². The van der Waals surface area contributed by atoms with Gasteiger partial charge in [-0.2, -0.15) is 18.4 Å². The van der Waals surface area contributed by atoms with E-state index in [0.29, 0.717) is 0 Å². The van der Waals surface area contributed by atoms with E-state index in [2.05, 4.69) is 5.32 Å². The van der Waals surface area contributed by atoms with Gasteiger partial charge in [-0.25, -0.2) is 12.8 Å². The lowest BCUT2D eigenvalue weighted by Gasteiger charge is -2.09. The van der Waals surface area contributed by atoms with Crippen molar-refractivity contribution in [3.05, 3.63) is 58.8 Å². The number of allylic oxidation sites excluding steroid dienone is 2. The van der Waals surface area contributed by atoms with E-state index in [1.54, 1.807) is 6.07 Å². The Hall–Kier alpha value is -3.33. The van der Waals surface area contributed by atoms with Crippen molar-refractivity contribution in [2.24, 2.45) is 7.05 Å². The van der Waals surface area contributed by atoms with Gasteiger partial charge >= 0.3 is 6.18 Å². The van der Waals surface area contributed by atoms with Crippen LogP contribution in [0.3, 0.4) is 0 Å². The summed E-state index contributed by atoms with van der Waals surface area (Å²) in [5.41, 5.74) is -0.858. The molecule has 2 N–H and O–H groups in total. The molecule has 0 fully saturated rings. The number of benzene rings is 1. The van der Waals surface area contributed by atoms with Crippen LogP contribution in [-0.4, -0.2) is 25.1 Å². The molecule has 1 amide bonds. The number of nitrogens with zero attached hydrogens (tertiary/aromatic N) is 2. The summed E-state index contributed by atoms with van der Waals surface area (Å²) in [5.74, 6) is -1.54. The van der Waals surface area contributed by atoms with E-state index >= 15 is 0 Å². The Kier molecular flexibility index (Phi) is 6.27. The number of nitrogens with one attached hydrogen (secondary N) is 2. The lowest BCUT2D eigenvalue weighted by molar-refractivity contribution is -0.0806. The van der Waals surface area contributed by atoms with Gasteiger partial charge in [0.2, 0.25) is 0 Å². The average Bonchev–Trinajstić information content (AvgIpc) is 2.90. The first kappa shape index (κ1) is 23.0. The number of anilines is 1. The molecule has 0 aliphatic carbocycles. The van der Waals surface area contributed by atoms with Crippen molar-refractivity contribution in [3.8, 4) is 6.07 Å². The Balaban J connectivity index is 2.35. The molecular formula is C18H16F4N4O3S. The second-order valence-corrected chi connectivity index (χ2v) is 7.92. The van der Waals surface area contributed by atoms with Gasteiger partial charge in [-0.15, -0.1) is 0 Å². The van der Waals surface area contributed by atoms with Gasteiger partial charge in [-0.3, -0.25) is 9.52 Å². The highest BCUT2D eigenvalue weighted by Gasteiger charge is 2.27. The number of halogens is 4. The molecule has 1 heterocycles. The Morgan fingerprint density at radius 2 is 1.90 bits per heavy atom. The topological polar surface area (TPSA) is 104 Å². The first-order valence-electron chi connectivity index (χ1n) is 8.21. The van der Waals surface area contributed by atoms with Crippen LogP contribution in [0.4, 0.5) is 23.2 Å². The molecule has 0 spiro atoms. The molecular weight excluding hydrogens is 428 g/mol. The van der Waals surface area contributed by atoms with Gasteiger partial charge < -0.3 is 9.88 Å². The van der Waals surface area contributed by atoms with Crippen LogP contribution in [0.5, 0.6) is 0 Å². The fraction of sp³-hybridized carbons (Fsp3) is 0.222. The van der Waals surface area contributed by atoms with E-state index in [4.69, 9.17) is 5.26 Å². The number of rotatable bonds is 5. The minimum absolute atomic E-state index is 0.100. The lowest BCUT2D eigenvalue weighted by atomic mass is 10.2. The molecule has 0 unspecified atom stereocenters. The molecule has 2 rings (SSSR count). The van der Waals surface area contributed by atoms with E-state index in [-0.39, 0.29) is 33.6 Å². The van der Waals surface area contributed by atoms with Gasteiger partial charge in [-0.05, 0) is 38.1 Å². The molecule has 2 aromatic rings. The number of nitriles is 1. The molecule has 0 saturated carbocycles. The molecule has 7 nitrogen and oxygen atoms in total. The van der Waals surface area contributed by atoms with Gasteiger partial charge in [0.15, 0.2) is 0 Å². The number of alkyl halides is 3. The molecule has 30 heavy (non-hydrogen) atoms. The average molecular weight is 444 g/mol. The second-order valence-electron chi connectivity index (χ2n) is 6.27. The van der Waals surface area contributed by atoms with E-state index in [1.165, 1.54) is 24.6 Å². The fourth-order valence-electron chi connectivity index (χ4n) is 2.59. The lowest BCUT2D eigenvalue weighted by Crippen LogP contribution is -2.23. The summed E-state index contributed by atoms with van der Waals surface area (Å²) in [4.78, 5) is 12.2.